The number of nitrogens with zero attached hydrogens (tertiary/aromatic N) is 1. The smallest absolute Gasteiger partial charge is 0.309 e. The van der Waals surface area contributed by atoms with Crippen molar-refractivity contribution in [2.24, 2.45) is 5.92 Å². The van der Waals surface area contributed by atoms with Crippen LogP contribution in [0.25, 0.3) is 0 Å². The average molecular weight is 496 g/mol. The van der Waals surface area contributed by atoms with E-state index in [9.17, 15) is 26.8 Å². The lowest BCUT2D eigenvalue weighted by atomic mass is 9.98. The van der Waals surface area contributed by atoms with E-state index in [0.29, 0.717) is 31.1 Å². The van der Waals surface area contributed by atoms with Crippen molar-refractivity contribution in [3.05, 3.63) is 53.6 Å². The van der Waals surface area contributed by atoms with E-state index in [0.717, 1.165) is 18.2 Å². The van der Waals surface area contributed by atoms with Gasteiger partial charge in [0.15, 0.2) is 18.1 Å². The summed E-state index contributed by atoms with van der Waals surface area (Å²) in [5.41, 5.74) is -0.496. The molecule has 2 heterocycles. The molecule has 2 aromatic rings. The Bertz CT molecular complexity index is 1190. The predicted octanol–water partition coefficient (Wildman–Crippen LogP) is 2.95. The van der Waals surface area contributed by atoms with Crippen molar-refractivity contribution in [1.29, 1.82) is 0 Å². The first-order chi connectivity index (χ1) is 16.3. The van der Waals surface area contributed by atoms with Crippen molar-refractivity contribution in [1.82, 2.24) is 4.31 Å². The summed E-state index contributed by atoms with van der Waals surface area (Å²) in [4.78, 5) is 24.5. The van der Waals surface area contributed by atoms with Crippen LogP contribution in [0.2, 0.25) is 0 Å². The molecule has 34 heavy (non-hydrogen) atoms. The molecule has 8 nitrogen and oxygen atoms in total. The van der Waals surface area contributed by atoms with Crippen molar-refractivity contribution in [3.8, 4) is 11.5 Å². The molecule has 0 aliphatic carbocycles. The summed E-state index contributed by atoms with van der Waals surface area (Å²) >= 11 is 0. The van der Waals surface area contributed by atoms with Crippen LogP contribution in [0.3, 0.4) is 0 Å². The number of halogens is 2. The zero-order valence-electron chi connectivity index (χ0n) is 18.2. The molecule has 0 saturated carbocycles. The van der Waals surface area contributed by atoms with E-state index >= 15 is 0 Å². The third kappa shape index (κ3) is 5.20. The third-order valence-corrected chi connectivity index (χ3v) is 7.61. The fraction of sp³-hybridized carbons (Fsp3) is 0.391. The molecule has 0 bridgehead atoms. The molecule has 2 aromatic carbocycles. The molecular formula is C23H23F2NO7S. The fourth-order valence-corrected chi connectivity index (χ4v) is 5.31. The van der Waals surface area contributed by atoms with E-state index in [1.54, 1.807) is 6.07 Å². The highest BCUT2D eigenvalue weighted by atomic mass is 32.2. The SMILES string of the molecule is O=C(COC(=O)C1CCN(S(=O)(=O)c2ccc3c(c2)OCCCO3)CC1)c1cc(F)ccc1F. The van der Waals surface area contributed by atoms with E-state index in [1.807, 2.05) is 0 Å². The highest BCUT2D eigenvalue weighted by Gasteiger charge is 2.33. The van der Waals surface area contributed by atoms with Gasteiger partial charge in [0.2, 0.25) is 15.8 Å². The number of carbonyl (C=O) groups is 2. The third-order valence-electron chi connectivity index (χ3n) is 5.72. The van der Waals surface area contributed by atoms with Gasteiger partial charge in [-0.25, -0.2) is 17.2 Å². The van der Waals surface area contributed by atoms with Gasteiger partial charge >= 0.3 is 5.97 Å². The molecule has 0 spiro atoms. The van der Waals surface area contributed by atoms with Crippen molar-refractivity contribution in [2.75, 3.05) is 32.9 Å². The van der Waals surface area contributed by atoms with Gasteiger partial charge in [-0.15, -0.1) is 0 Å². The van der Waals surface area contributed by atoms with Gasteiger partial charge in [-0.2, -0.15) is 4.31 Å². The number of ketones is 1. The number of ether oxygens (including phenoxy) is 3. The van der Waals surface area contributed by atoms with Crippen LogP contribution in [-0.2, 0) is 19.6 Å². The Kier molecular flexibility index (Phi) is 7.13. The summed E-state index contributed by atoms with van der Waals surface area (Å²) < 4.78 is 70.5. The molecule has 0 N–H and O–H groups in total. The van der Waals surface area contributed by atoms with Gasteiger partial charge in [-0.05, 0) is 43.2 Å². The Balaban J connectivity index is 1.33. The molecule has 1 fully saturated rings. The normalized spacial score (nSPS) is 17.1. The number of Topliss-reactive ketones (excluding diaryl/α,β-unsaturated/α-hetero) is 1. The molecular weight excluding hydrogens is 472 g/mol. The Morgan fingerprint density at radius 1 is 1.00 bits per heavy atom. The van der Waals surface area contributed by atoms with E-state index in [2.05, 4.69) is 0 Å². The zero-order chi connectivity index (χ0) is 24.3. The number of piperidine rings is 1. The Hall–Kier alpha value is -3.05. The second-order valence-electron chi connectivity index (χ2n) is 7.99. The van der Waals surface area contributed by atoms with Gasteiger partial charge in [0.25, 0.3) is 0 Å². The zero-order valence-corrected chi connectivity index (χ0v) is 19.0. The van der Waals surface area contributed by atoms with Crippen LogP contribution >= 0.6 is 0 Å². The van der Waals surface area contributed by atoms with Crippen LogP contribution in [0.1, 0.15) is 29.6 Å². The van der Waals surface area contributed by atoms with Crippen LogP contribution in [0, 0.1) is 17.6 Å². The molecule has 0 radical (unpaired) electrons. The van der Waals surface area contributed by atoms with E-state index in [-0.39, 0.29) is 30.8 Å². The quantitative estimate of drug-likeness (QED) is 0.449. The topological polar surface area (TPSA) is 99.2 Å². The summed E-state index contributed by atoms with van der Waals surface area (Å²) in [6.45, 7) is 0.366. The monoisotopic (exact) mass is 495 g/mol. The molecule has 1 saturated heterocycles. The highest BCUT2D eigenvalue weighted by Crippen LogP contribution is 2.34. The fourth-order valence-electron chi connectivity index (χ4n) is 3.83. The van der Waals surface area contributed by atoms with Crippen LogP contribution in [0.5, 0.6) is 11.5 Å². The van der Waals surface area contributed by atoms with Crippen molar-refractivity contribution in [2.45, 2.75) is 24.2 Å². The van der Waals surface area contributed by atoms with E-state index in [4.69, 9.17) is 14.2 Å². The average Bonchev–Trinajstić information content (AvgIpc) is 3.09. The molecule has 2 aliphatic rings. The highest BCUT2D eigenvalue weighted by molar-refractivity contribution is 7.89. The van der Waals surface area contributed by atoms with Crippen LogP contribution in [-0.4, -0.2) is 57.4 Å². The van der Waals surface area contributed by atoms with Gasteiger partial charge in [0.05, 0.1) is 29.6 Å². The maximum atomic E-state index is 13.7. The molecule has 0 atom stereocenters. The standard InChI is InChI=1S/C23H23F2NO7S/c24-16-2-4-19(25)18(12-16)20(27)14-33-23(28)15-6-8-26(9-7-15)34(29,30)17-3-5-21-22(13-17)32-11-1-10-31-21/h2-5,12-13,15H,1,6-11,14H2. The number of benzene rings is 2. The number of sulfonamides is 1. The lowest BCUT2D eigenvalue weighted by molar-refractivity contribution is -0.148. The number of hydrogen-bond acceptors (Lipinski definition) is 7. The van der Waals surface area contributed by atoms with Crippen molar-refractivity contribution >= 4 is 21.8 Å². The summed E-state index contributed by atoms with van der Waals surface area (Å²) in [6, 6.07) is 6.91. The van der Waals surface area contributed by atoms with Gasteiger partial charge in [-0.1, -0.05) is 0 Å². The van der Waals surface area contributed by atoms with E-state index in [1.165, 1.54) is 16.4 Å². The Morgan fingerprint density at radius 3 is 2.44 bits per heavy atom. The molecule has 4 rings (SSSR count). The largest absolute Gasteiger partial charge is 0.490 e. The number of fused-ring (bicyclic) bond motifs is 1. The van der Waals surface area contributed by atoms with E-state index < -0.39 is 51.5 Å². The van der Waals surface area contributed by atoms with Crippen molar-refractivity contribution < 1.29 is 41.0 Å². The number of rotatable bonds is 6. The molecule has 0 unspecified atom stereocenters. The van der Waals surface area contributed by atoms with Gasteiger partial charge in [0, 0.05) is 25.6 Å². The number of hydrogen-bond donors (Lipinski definition) is 0. The molecule has 11 heteroatoms. The maximum Gasteiger partial charge on any atom is 0.309 e. The van der Waals surface area contributed by atoms with Gasteiger partial charge < -0.3 is 14.2 Å². The second-order valence-corrected chi connectivity index (χ2v) is 9.93. The minimum Gasteiger partial charge on any atom is -0.490 e. The predicted molar refractivity (Wildman–Crippen MR) is 115 cm³/mol. The van der Waals surface area contributed by atoms with Gasteiger partial charge in [-0.3, -0.25) is 9.59 Å². The van der Waals surface area contributed by atoms with Crippen LogP contribution in [0.15, 0.2) is 41.3 Å². The molecule has 0 aromatic heterocycles. The summed E-state index contributed by atoms with van der Waals surface area (Å²) in [7, 11) is -3.81. The van der Waals surface area contributed by atoms with Crippen molar-refractivity contribution in [3.63, 3.8) is 0 Å². The first kappa shape index (κ1) is 24.1. The number of esters is 1. The summed E-state index contributed by atoms with van der Waals surface area (Å²) in [5.74, 6) is -2.98. The molecule has 182 valence electrons. The maximum absolute atomic E-state index is 13.7. The first-order valence-corrected chi connectivity index (χ1v) is 12.2. The summed E-state index contributed by atoms with van der Waals surface area (Å²) in [6.07, 6.45) is 1.10. The second kappa shape index (κ2) is 10.1. The number of carbonyl (C=O) groups excluding carboxylic acids is 2. The Labute approximate surface area is 195 Å². The summed E-state index contributed by atoms with van der Waals surface area (Å²) in [5, 5.41) is 0. The lowest BCUT2D eigenvalue weighted by Crippen LogP contribution is -2.40. The minimum absolute atomic E-state index is 0.0699. The lowest BCUT2D eigenvalue weighted by Gasteiger charge is -2.30. The molecule has 0 amide bonds. The first-order valence-electron chi connectivity index (χ1n) is 10.8. The molecule has 2 aliphatic heterocycles. The van der Waals surface area contributed by atoms with Crippen LogP contribution < -0.4 is 9.47 Å². The minimum atomic E-state index is -3.81. The Morgan fingerprint density at radius 2 is 1.71 bits per heavy atom. The van der Waals surface area contributed by atoms with Gasteiger partial charge in [0.1, 0.15) is 11.6 Å². The van der Waals surface area contributed by atoms with Crippen LogP contribution in [0.4, 0.5) is 8.78 Å².